The molecule has 1 fully saturated rings. The fourth-order valence-corrected chi connectivity index (χ4v) is 3.08. The van der Waals surface area contributed by atoms with Gasteiger partial charge in [0, 0.05) is 39.6 Å². The summed E-state index contributed by atoms with van der Waals surface area (Å²) in [7, 11) is 3.19. The fourth-order valence-electron chi connectivity index (χ4n) is 3.08. The standard InChI is InChI=1S/C20H30N2O5/c1-15(23)22(11-9-20(24)21-14-17-5-4-12-27-17)10-8-16-6-7-18(25-2)19(13-16)26-3/h6-7,13,17H,4-5,8-12,14H2,1-3H3,(H,21,24). The third-order valence-corrected chi connectivity index (χ3v) is 4.72. The Morgan fingerprint density at radius 3 is 2.63 bits per heavy atom. The lowest BCUT2D eigenvalue weighted by Crippen LogP contribution is -2.37. The van der Waals surface area contributed by atoms with Gasteiger partial charge in [-0.2, -0.15) is 0 Å². The summed E-state index contributed by atoms with van der Waals surface area (Å²) in [5, 5.41) is 2.89. The molecule has 1 saturated heterocycles. The highest BCUT2D eigenvalue weighted by atomic mass is 16.5. The van der Waals surface area contributed by atoms with Crippen molar-refractivity contribution in [3.8, 4) is 11.5 Å². The first kappa shape index (κ1) is 21.0. The van der Waals surface area contributed by atoms with Gasteiger partial charge in [0.2, 0.25) is 11.8 Å². The Labute approximate surface area is 161 Å². The van der Waals surface area contributed by atoms with Crippen LogP contribution in [-0.2, 0) is 20.7 Å². The summed E-state index contributed by atoms with van der Waals surface area (Å²) in [6, 6.07) is 5.71. The van der Waals surface area contributed by atoms with E-state index in [1.54, 1.807) is 19.1 Å². The Morgan fingerprint density at radius 1 is 1.22 bits per heavy atom. The predicted octanol–water partition coefficient (Wildman–Crippen LogP) is 1.78. The predicted molar refractivity (Wildman–Crippen MR) is 102 cm³/mol. The Morgan fingerprint density at radius 2 is 2.00 bits per heavy atom. The van der Waals surface area contributed by atoms with Crippen LogP contribution in [0.25, 0.3) is 0 Å². The molecule has 7 heteroatoms. The molecule has 1 aromatic carbocycles. The monoisotopic (exact) mass is 378 g/mol. The molecule has 0 radical (unpaired) electrons. The number of carbonyl (C=O) groups is 2. The lowest BCUT2D eigenvalue weighted by atomic mass is 10.1. The van der Waals surface area contributed by atoms with Crippen molar-refractivity contribution in [3.05, 3.63) is 23.8 Å². The molecule has 1 aliphatic heterocycles. The first-order valence-electron chi connectivity index (χ1n) is 9.38. The zero-order valence-electron chi connectivity index (χ0n) is 16.5. The van der Waals surface area contributed by atoms with E-state index in [2.05, 4.69) is 5.32 Å². The minimum atomic E-state index is -0.0529. The molecule has 0 aliphatic carbocycles. The summed E-state index contributed by atoms with van der Waals surface area (Å²) in [5.41, 5.74) is 1.04. The van der Waals surface area contributed by atoms with Gasteiger partial charge in [0.15, 0.2) is 11.5 Å². The van der Waals surface area contributed by atoms with Gasteiger partial charge in [0.05, 0.1) is 20.3 Å². The number of nitrogens with zero attached hydrogens (tertiary/aromatic N) is 1. The van der Waals surface area contributed by atoms with Crippen LogP contribution in [0, 0.1) is 0 Å². The van der Waals surface area contributed by atoms with Crippen LogP contribution in [0.3, 0.4) is 0 Å². The SMILES string of the molecule is COc1ccc(CCN(CCC(=O)NCC2CCCO2)C(C)=O)cc1OC. The van der Waals surface area contributed by atoms with Crippen molar-refractivity contribution >= 4 is 11.8 Å². The van der Waals surface area contributed by atoms with Gasteiger partial charge in [0.1, 0.15) is 0 Å². The lowest BCUT2D eigenvalue weighted by Gasteiger charge is -2.21. The molecule has 1 atom stereocenters. The average Bonchev–Trinajstić information content (AvgIpc) is 3.19. The van der Waals surface area contributed by atoms with Crippen LogP contribution in [0.5, 0.6) is 11.5 Å². The second-order valence-electron chi connectivity index (χ2n) is 6.63. The first-order valence-corrected chi connectivity index (χ1v) is 9.38. The van der Waals surface area contributed by atoms with Crippen LogP contribution in [0.4, 0.5) is 0 Å². The number of ether oxygens (including phenoxy) is 3. The molecule has 150 valence electrons. The van der Waals surface area contributed by atoms with Crippen LogP contribution in [0.1, 0.15) is 31.7 Å². The molecular formula is C20H30N2O5. The van der Waals surface area contributed by atoms with Crippen LogP contribution < -0.4 is 14.8 Å². The van der Waals surface area contributed by atoms with Gasteiger partial charge in [-0.05, 0) is 37.0 Å². The highest BCUT2D eigenvalue weighted by molar-refractivity contribution is 5.78. The van der Waals surface area contributed by atoms with Gasteiger partial charge >= 0.3 is 0 Å². The van der Waals surface area contributed by atoms with Crippen molar-refractivity contribution in [2.75, 3.05) is 40.5 Å². The molecule has 0 aromatic heterocycles. The van der Waals surface area contributed by atoms with Crippen molar-refractivity contribution in [1.82, 2.24) is 10.2 Å². The Bertz CT molecular complexity index is 629. The summed E-state index contributed by atoms with van der Waals surface area (Å²) in [6.07, 6.45) is 3.14. The minimum Gasteiger partial charge on any atom is -0.493 e. The summed E-state index contributed by atoms with van der Waals surface area (Å²) >= 11 is 0. The molecule has 0 spiro atoms. The number of nitrogens with one attached hydrogen (secondary N) is 1. The van der Waals surface area contributed by atoms with E-state index < -0.39 is 0 Å². The molecule has 27 heavy (non-hydrogen) atoms. The highest BCUT2D eigenvalue weighted by Crippen LogP contribution is 2.27. The number of hydrogen-bond donors (Lipinski definition) is 1. The van der Waals surface area contributed by atoms with Gasteiger partial charge in [-0.3, -0.25) is 9.59 Å². The summed E-state index contributed by atoms with van der Waals surface area (Å²) in [5.74, 6) is 1.25. The van der Waals surface area contributed by atoms with Crippen molar-refractivity contribution in [3.63, 3.8) is 0 Å². The van der Waals surface area contributed by atoms with Crippen molar-refractivity contribution in [1.29, 1.82) is 0 Å². The van der Waals surface area contributed by atoms with E-state index in [1.807, 2.05) is 18.2 Å². The lowest BCUT2D eigenvalue weighted by molar-refractivity contribution is -0.129. The Balaban J connectivity index is 1.79. The van der Waals surface area contributed by atoms with Gasteiger partial charge in [0.25, 0.3) is 0 Å². The van der Waals surface area contributed by atoms with Gasteiger partial charge < -0.3 is 24.4 Å². The quantitative estimate of drug-likeness (QED) is 0.672. The zero-order chi connectivity index (χ0) is 19.6. The van der Waals surface area contributed by atoms with E-state index in [0.29, 0.717) is 37.6 Å². The van der Waals surface area contributed by atoms with E-state index in [1.165, 1.54) is 6.92 Å². The fraction of sp³-hybridized carbons (Fsp3) is 0.600. The van der Waals surface area contributed by atoms with Crippen LogP contribution in [-0.4, -0.2) is 63.3 Å². The Hall–Kier alpha value is -2.28. The molecule has 7 nitrogen and oxygen atoms in total. The summed E-state index contributed by atoms with van der Waals surface area (Å²) < 4.78 is 16.0. The van der Waals surface area contributed by atoms with Crippen molar-refractivity contribution in [2.45, 2.75) is 38.7 Å². The van der Waals surface area contributed by atoms with Crippen molar-refractivity contribution in [2.24, 2.45) is 0 Å². The van der Waals surface area contributed by atoms with Crippen molar-refractivity contribution < 1.29 is 23.8 Å². The number of methoxy groups -OCH3 is 2. The van der Waals surface area contributed by atoms with Crippen LogP contribution in [0.15, 0.2) is 18.2 Å². The molecular weight excluding hydrogens is 348 g/mol. The third-order valence-electron chi connectivity index (χ3n) is 4.72. The third kappa shape index (κ3) is 6.75. The minimum absolute atomic E-state index is 0.0394. The molecule has 1 aliphatic rings. The second-order valence-corrected chi connectivity index (χ2v) is 6.63. The first-order chi connectivity index (χ1) is 13.0. The molecule has 1 N–H and O–H groups in total. The second kappa shape index (κ2) is 10.8. The largest absolute Gasteiger partial charge is 0.493 e. The number of hydrogen-bond acceptors (Lipinski definition) is 5. The zero-order valence-corrected chi connectivity index (χ0v) is 16.5. The molecule has 0 bridgehead atoms. The maximum atomic E-state index is 12.0. The van der Waals surface area contributed by atoms with Gasteiger partial charge in [-0.1, -0.05) is 6.07 Å². The maximum Gasteiger partial charge on any atom is 0.221 e. The van der Waals surface area contributed by atoms with Gasteiger partial charge in [-0.15, -0.1) is 0 Å². The van der Waals surface area contributed by atoms with E-state index in [4.69, 9.17) is 14.2 Å². The van der Waals surface area contributed by atoms with E-state index >= 15 is 0 Å². The molecule has 1 aromatic rings. The number of benzene rings is 1. The van der Waals surface area contributed by atoms with E-state index in [-0.39, 0.29) is 24.3 Å². The molecule has 1 unspecified atom stereocenters. The van der Waals surface area contributed by atoms with Crippen LogP contribution >= 0.6 is 0 Å². The number of carbonyl (C=O) groups excluding carboxylic acids is 2. The smallest absolute Gasteiger partial charge is 0.221 e. The normalized spacial score (nSPS) is 16.0. The summed E-state index contributed by atoms with van der Waals surface area (Å²) in [6.45, 7) is 3.79. The summed E-state index contributed by atoms with van der Waals surface area (Å²) in [4.78, 5) is 25.6. The molecule has 0 saturated carbocycles. The van der Waals surface area contributed by atoms with E-state index in [0.717, 1.165) is 25.0 Å². The number of rotatable bonds is 10. The highest BCUT2D eigenvalue weighted by Gasteiger charge is 2.17. The topological polar surface area (TPSA) is 77.1 Å². The average molecular weight is 378 g/mol. The van der Waals surface area contributed by atoms with Crippen LogP contribution in [0.2, 0.25) is 0 Å². The Kier molecular flexibility index (Phi) is 8.39. The van der Waals surface area contributed by atoms with Gasteiger partial charge in [-0.25, -0.2) is 0 Å². The number of amides is 2. The molecule has 1 heterocycles. The molecule has 2 rings (SSSR count). The molecule has 2 amide bonds. The maximum absolute atomic E-state index is 12.0. The van der Waals surface area contributed by atoms with E-state index in [9.17, 15) is 9.59 Å².